The largest absolute Gasteiger partial charge is 0.368 e. The van der Waals surface area contributed by atoms with Crippen LogP contribution >= 0.6 is 0 Å². The zero-order chi connectivity index (χ0) is 16.9. The summed E-state index contributed by atoms with van der Waals surface area (Å²) < 4.78 is 18.9. The molecular formula is C18H17FN2O3. The van der Waals surface area contributed by atoms with Gasteiger partial charge in [0.2, 0.25) is 0 Å². The molecule has 1 aliphatic rings. The van der Waals surface area contributed by atoms with E-state index in [1.54, 1.807) is 30.3 Å². The first-order valence-corrected chi connectivity index (χ1v) is 7.72. The number of carbonyl (C=O) groups excluding carboxylic acids is 2. The standard InChI is InChI=1S/C18H17FN2O3/c19-15-5-2-1-4-14(15)17(22)20-12-7-9-13(10-8-12)21-18(23)16-6-3-11-24-16/h1-2,4-5,7-10,16H,3,6,11H2,(H,20,22)(H,21,23)/t16-/m1/s1. The van der Waals surface area contributed by atoms with Crippen LogP contribution in [0.4, 0.5) is 15.8 Å². The molecular weight excluding hydrogens is 311 g/mol. The third kappa shape index (κ3) is 3.78. The summed E-state index contributed by atoms with van der Waals surface area (Å²) in [6, 6.07) is 12.4. The number of rotatable bonds is 4. The van der Waals surface area contributed by atoms with Gasteiger partial charge in [-0.25, -0.2) is 4.39 Å². The molecule has 0 spiro atoms. The maximum absolute atomic E-state index is 13.6. The van der Waals surface area contributed by atoms with E-state index in [1.807, 2.05) is 0 Å². The van der Waals surface area contributed by atoms with E-state index < -0.39 is 17.8 Å². The molecule has 124 valence electrons. The van der Waals surface area contributed by atoms with Gasteiger partial charge in [0.25, 0.3) is 11.8 Å². The van der Waals surface area contributed by atoms with Crippen LogP contribution in [0.15, 0.2) is 48.5 Å². The third-order valence-corrected chi connectivity index (χ3v) is 3.75. The molecule has 1 saturated heterocycles. The van der Waals surface area contributed by atoms with Gasteiger partial charge in [-0.1, -0.05) is 12.1 Å². The van der Waals surface area contributed by atoms with Gasteiger partial charge in [-0.2, -0.15) is 0 Å². The van der Waals surface area contributed by atoms with Crippen molar-refractivity contribution in [2.24, 2.45) is 0 Å². The monoisotopic (exact) mass is 328 g/mol. The maximum Gasteiger partial charge on any atom is 0.258 e. The molecule has 5 nitrogen and oxygen atoms in total. The summed E-state index contributed by atoms with van der Waals surface area (Å²) in [5.41, 5.74) is 1.10. The fourth-order valence-electron chi connectivity index (χ4n) is 2.49. The van der Waals surface area contributed by atoms with E-state index in [0.29, 0.717) is 18.0 Å². The van der Waals surface area contributed by atoms with E-state index in [1.165, 1.54) is 18.2 Å². The van der Waals surface area contributed by atoms with Crippen molar-refractivity contribution in [2.75, 3.05) is 17.2 Å². The Bertz CT molecular complexity index is 740. The lowest BCUT2D eigenvalue weighted by atomic mass is 10.2. The van der Waals surface area contributed by atoms with Crippen molar-refractivity contribution in [3.05, 3.63) is 59.9 Å². The van der Waals surface area contributed by atoms with Crippen LogP contribution in [0.1, 0.15) is 23.2 Å². The van der Waals surface area contributed by atoms with Crippen LogP contribution in [0, 0.1) is 5.82 Å². The Balaban J connectivity index is 1.61. The predicted octanol–water partition coefficient (Wildman–Crippen LogP) is 3.20. The molecule has 24 heavy (non-hydrogen) atoms. The van der Waals surface area contributed by atoms with Crippen LogP contribution < -0.4 is 10.6 Å². The van der Waals surface area contributed by atoms with Crippen LogP contribution in [-0.4, -0.2) is 24.5 Å². The fourth-order valence-corrected chi connectivity index (χ4v) is 2.49. The van der Waals surface area contributed by atoms with Gasteiger partial charge in [0.15, 0.2) is 0 Å². The number of ether oxygens (including phenoxy) is 1. The molecule has 1 atom stereocenters. The zero-order valence-electron chi connectivity index (χ0n) is 12.9. The third-order valence-electron chi connectivity index (χ3n) is 3.75. The first kappa shape index (κ1) is 16.1. The Morgan fingerprint density at radius 1 is 1.00 bits per heavy atom. The van der Waals surface area contributed by atoms with Crippen molar-refractivity contribution in [2.45, 2.75) is 18.9 Å². The van der Waals surface area contributed by atoms with Crippen LogP contribution in [0.2, 0.25) is 0 Å². The van der Waals surface area contributed by atoms with Gasteiger partial charge in [-0.3, -0.25) is 9.59 Å². The van der Waals surface area contributed by atoms with Crippen LogP contribution in [0.25, 0.3) is 0 Å². The second-order valence-electron chi connectivity index (χ2n) is 5.50. The minimum atomic E-state index is -0.574. The smallest absolute Gasteiger partial charge is 0.258 e. The molecule has 2 aromatic carbocycles. The number of benzene rings is 2. The van der Waals surface area contributed by atoms with Crippen molar-refractivity contribution in [1.82, 2.24) is 0 Å². The molecule has 1 fully saturated rings. The van der Waals surface area contributed by atoms with E-state index in [-0.39, 0.29) is 11.5 Å². The van der Waals surface area contributed by atoms with E-state index in [4.69, 9.17) is 4.74 Å². The summed E-state index contributed by atoms with van der Waals surface area (Å²) >= 11 is 0. The molecule has 6 heteroatoms. The Kier molecular flexibility index (Phi) is 4.86. The van der Waals surface area contributed by atoms with E-state index in [2.05, 4.69) is 10.6 Å². The molecule has 0 radical (unpaired) electrons. The van der Waals surface area contributed by atoms with Crippen molar-refractivity contribution >= 4 is 23.2 Å². The normalized spacial score (nSPS) is 16.6. The highest BCUT2D eigenvalue weighted by atomic mass is 19.1. The average molecular weight is 328 g/mol. The van der Waals surface area contributed by atoms with Gasteiger partial charge in [0.05, 0.1) is 5.56 Å². The van der Waals surface area contributed by atoms with E-state index >= 15 is 0 Å². The van der Waals surface area contributed by atoms with Crippen LogP contribution in [0.3, 0.4) is 0 Å². The Morgan fingerprint density at radius 3 is 2.29 bits per heavy atom. The van der Waals surface area contributed by atoms with Crippen molar-refractivity contribution in [3.63, 3.8) is 0 Å². The lowest BCUT2D eigenvalue weighted by molar-refractivity contribution is -0.124. The highest BCUT2D eigenvalue weighted by Gasteiger charge is 2.23. The summed E-state index contributed by atoms with van der Waals surface area (Å²) in [6.45, 7) is 0.610. The molecule has 2 aromatic rings. The van der Waals surface area contributed by atoms with Crippen LogP contribution in [-0.2, 0) is 9.53 Å². The number of nitrogens with one attached hydrogen (secondary N) is 2. The van der Waals surface area contributed by atoms with Crippen LogP contribution in [0.5, 0.6) is 0 Å². The predicted molar refractivity (Wildman–Crippen MR) is 88.4 cm³/mol. The molecule has 0 aromatic heterocycles. The van der Waals surface area contributed by atoms with E-state index in [0.717, 1.165) is 12.8 Å². The Hall–Kier alpha value is -2.73. The Morgan fingerprint density at radius 2 is 1.67 bits per heavy atom. The molecule has 1 heterocycles. The molecule has 1 aliphatic heterocycles. The second-order valence-corrected chi connectivity index (χ2v) is 5.50. The molecule has 3 rings (SSSR count). The minimum Gasteiger partial charge on any atom is -0.368 e. The average Bonchev–Trinajstić information content (AvgIpc) is 3.11. The summed E-state index contributed by atoms with van der Waals surface area (Å²) in [7, 11) is 0. The van der Waals surface area contributed by atoms with Gasteiger partial charge in [-0.15, -0.1) is 0 Å². The SMILES string of the molecule is O=C(Nc1ccc(NC(=O)[C@H]2CCCO2)cc1)c1ccccc1F. The molecule has 2 amide bonds. The van der Waals surface area contributed by atoms with Gasteiger partial charge in [-0.05, 0) is 49.2 Å². The van der Waals surface area contributed by atoms with Gasteiger partial charge in [0, 0.05) is 18.0 Å². The number of amides is 2. The summed E-state index contributed by atoms with van der Waals surface area (Å²) in [4.78, 5) is 24.0. The highest BCUT2D eigenvalue weighted by Crippen LogP contribution is 2.18. The van der Waals surface area contributed by atoms with Gasteiger partial charge < -0.3 is 15.4 Å². The number of hydrogen-bond acceptors (Lipinski definition) is 3. The maximum atomic E-state index is 13.6. The number of hydrogen-bond donors (Lipinski definition) is 2. The number of carbonyl (C=O) groups is 2. The molecule has 2 N–H and O–H groups in total. The minimum absolute atomic E-state index is 0.0201. The zero-order valence-corrected chi connectivity index (χ0v) is 12.9. The van der Waals surface area contributed by atoms with Crippen molar-refractivity contribution < 1.29 is 18.7 Å². The van der Waals surface area contributed by atoms with Gasteiger partial charge in [0.1, 0.15) is 11.9 Å². The summed E-state index contributed by atoms with van der Waals surface area (Å²) in [6.07, 6.45) is 1.22. The van der Waals surface area contributed by atoms with Crippen molar-refractivity contribution in [3.8, 4) is 0 Å². The lowest BCUT2D eigenvalue weighted by Gasteiger charge is -2.11. The van der Waals surface area contributed by atoms with Crippen molar-refractivity contribution in [1.29, 1.82) is 0 Å². The van der Waals surface area contributed by atoms with Gasteiger partial charge >= 0.3 is 0 Å². The molecule has 0 aliphatic carbocycles. The quantitative estimate of drug-likeness (QED) is 0.906. The lowest BCUT2D eigenvalue weighted by Crippen LogP contribution is -2.26. The first-order valence-electron chi connectivity index (χ1n) is 7.72. The second kappa shape index (κ2) is 7.23. The topological polar surface area (TPSA) is 67.4 Å². The highest BCUT2D eigenvalue weighted by molar-refractivity contribution is 6.04. The number of halogens is 1. The number of anilines is 2. The summed E-state index contributed by atoms with van der Waals surface area (Å²) in [5, 5.41) is 5.39. The molecule has 0 saturated carbocycles. The first-order chi connectivity index (χ1) is 11.6. The van der Waals surface area contributed by atoms with E-state index in [9.17, 15) is 14.0 Å². The Labute approximate surface area is 138 Å². The fraction of sp³-hybridized carbons (Fsp3) is 0.222. The molecule has 0 unspecified atom stereocenters. The molecule has 0 bridgehead atoms. The summed E-state index contributed by atoms with van der Waals surface area (Å²) in [5.74, 6) is -1.27.